The second kappa shape index (κ2) is 6.23. The molecule has 4 heteroatoms. The minimum Gasteiger partial charge on any atom is -0.357 e. The van der Waals surface area contributed by atoms with Crippen LogP contribution in [0.2, 0.25) is 0 Å². The van der Waals surface area contributed by atoms with Crippen molar-refractivity contribution in [2.75, 3.05) is 7.05 Å². The number of hydrogen-bond donors (Lipinski definition) is 1. The molecule has 1 aromatic carbocycles. The van der Waals surface area contributed by atoms with Crippen LogP contribution in [0.25, 0.3) is 0 Å². The number of carbonyl (C=O) groups excluding carboxylic acids is 1. The number of allylic oxidation sites excluding steroid dienone is 1. The third kappa shape index (κ3) is 3.83. The van der Waals surface area contributed by atoms with E-state index in [1.54, 1.807) is 0 Å². The number of rotatable bonds is 3. The first-order valence-electron chi connectivity index (χ1n) is 6.22. The average Bonchev–Trinajstić information content (AvgIpc) is 2.39. The number of nitrogens with one attached hydrogen (secondary N) is 1. The molecule has 0 saturated carbocycles. The van der Waals surface area contributed by atoms with E-state index in [4.69, 9.17) is 0 Å². The molecule has 0 aromatic heterocycles. The van der Waals surface area contributed by atoms with Crippen molar-refractivity contribution in [3.63, 3.8) is 0 Å². The van der Waals surface area contributed by atoms with Crippen LogP contribution in [0.15, 0.2) is 48.3 Å². The molecule has 1 heterocycles. The standard InChI is InChI=1S/C15H17IN2O/c1-11(12-5-7-14(16)8-6-12)17-15(19)13-4-3-9-18(2)10-13/h3,5-11H,4H2,1-2H3,(H,17,19)/t11-/m0/s1. The molecule has 19 heavy (non-hydrogen) atoms. The third-order valence-electron chi connectivity index (χ3n) is 3.05. The lowest BCUT2D eigenvalue weighted by atomic mass is 10.1. The molecule has 2 rings (SSSR count). The highest BCUT2D eigenvalue weighted by molar-refractivity contribution is 14.1. The van der Waals surface area contributed by atoms with Crippen molar-refractivity contribution in [2.24, 2.45) is 0 Å². The summed E-state index contributed by atoms with van der Waals surface area (Å²) in [4.78, 5) is 14.0. The van der Waals surface area contributed by atoms with Crippen LogP contribution < -0.4 is 5.32 Å². The van der Waals surface area contributed by atoms with Gasteiger partial charge in [0.1, 0.15) is 0 Å². The summed E-state index contributed by atoms with van der Waals surface area (Å²) in [5, 5.41) is 3.04. The summed E-state index contributed by atoms with van der Waals surface area (Å²) in [6.45, 7) is 2.00. The predicted molar refractivity (Wildman–Crippen MR) is 85.3 cm³/mol. The fourth-order valence-corrected chi connectivity index (χ4v) is 2.32. The molecule has 0 spiro atoms. The van der Waals surface area contributed by atoms with Crippen molar-refractivity contribution < 1.29 is 4.79 Å². The van der Waals surface area contributed by atoms with Gasteiger partial charge >= 0.3 is 0 Å². The lowest BCUT2D eigenvalue weighted by Crippen LogP contribution is -2.29. The van der Waals surface area contributed by atoms with Gasteiger partial charge in [-0.2, -0.15) is 0 Å². The number of halogens is 1. The zero-order chi connectivity index (χ0) is 13.8. The number of carbonyl (C=O) groups is 1. The number of amides is 1. The van der Waals surface area contributed by atoms with Crippen LogP contribution in [0.3, 0.4) is 0 Å². The van der Waals surface area contributed by atoms with Gasteiger partial charge < -0.3 is 10.2 Å². The highest BCUT2D eigenvalue weighted by atomic mass is 127. The van der Waals surface area contributed by atoms with Crippen LogP contribution in [0.5, 0.6) is 0 Å². The fourth-order valence-electron chi connectivity index (χ4n) is 1.96. The van der Waals surface area contributed by atoms with E-state index in [0.29, 0.717) is 6.42 Å². The van der Waals surface area contributed by atoms with E-state index in [9.17, 15) is 4.79 Å². The second-order valence-corrected chi connectivity index (χ2v) is 5.90. The van der Waals surface area contributed by atoms with E-state index in [2.05, 4.69) is 40.0 Å². The largest absolute Gasteiger partial charge is 0.357 e. The second-order valence-electron chi connectivity index (χ2n) is 4.66. The van der Waals surface area contributed by atoms with Gasteiger partial charge in [0.05, 0.1) is 6.04 Å². The van der Waals surface area contributed by atoms with Gasteiger partial charge in [0.25, 0.3) is 0 Å². The van der Waals surface area contributed by atoms with Gasteiger partial charge in [-0.05, 0) is 59.8 Å². The molecule has 1 aromatic rings. The molecule has 1 aliphatic heterocycles. The molecule has 3 nitrogen and oxygen atoms in total. The average molecular weight is 368 g/mol. The smallest absolute Gasteiger partial charge is 0.249 e. The van der Waals surface area contributed by atoms with Gasteiger partial charge in [-0.3, -0.25) is 4.79 Å². The number of benzene rings is 1. The topological polar surface area (TPSA) is 32.3 Å². The molecule has 1 N–H and O–H groups in total. The number of hydrogen-bond acceptors (Lipinski definition) is 2. The van der Waals surface area contributed by atoms with Gasteiger partial charge in [0.2, 0.25) is 5.91 Å². The van der Waals surface area contributed by atoms with Crippen LogP contribution in [0.1, 0.15) is 24.9 Å². The molecule has 100 valence electrons. The Balaban J connectivity index is 2.01. The number of nitrogens with zero attached hydrogens (tertiary/aromatic N) is 1. The van der Waals surface area contributed by atoms with E-state index in [1.807, 2.05) is 49.5 Å². The minimum atomic E-state index is 0.00208. The van der Waals surface area contributed by atoms with Gasteiger partial charge in [-0.15, -0.1) is 0 Å². The van der Waals surface area contributed by atoms with Crippen molar-refractivity contribution in [3.8, 4) is 0 Å². The highest BCUT2D eigenvalue weighted by Gasteiger charge is 2.15. The van der Waals surface area contributed by atoms with Crippen LogP contribution >= 0.6 is 22.6 Å². The maximum absolute atomic E-state index is 12.2. The van der Waals surface area contributed by atoms with E-state index in [0.717, 1.165) is 11.1 Å². The maximum atomic E-state index is 12.2. The Labute approximate surface area is 127 Å². The molecule has 0 fully saturated rings. The third-order valence-corrected chi connectivity index (χ3v) is 3.77. The summed E-state index contributed by atoms with van der Waals surface area (Å²) in [5.74, 6) is 0.00208. The van der Waals surface area contributed by atoms with Crippen molar-refractivity contribution in [2.45, 2.75) is 19.4 Å². The van der Waals surface area contributed by atoms with Crippen molar-refractivity contribution in [1.82, 2.24) is 10.2 Å². The molecule has 1 amide bonds. The Bertz CT molecular complexity index is 519. The van der Waals surface area contributed by atoms with E-state index in [1.165, 1.54) is 3.57 Å². The van der Waals surface area contributed by atoms with Gasteiger partial charge in [-0.1, -0.05) is 18.2 Å². The summed E-state index contributed by atoms with van der Waals surface area (Å²) in [6, 6.07) is 8.22. The maximum Gasteiger partial charge on any atom is 0.249 e. The molecule has 0 unspecified atom stereocenters. The Morgan fingerprint density at radius 2 is 2.05 bits per heavy atom. The lowest BCUT2D eigenvalue weighted by molar-refractivity contribution is -0.118. The van der Waals surface area contributed by atoms with Gasteiger partial charge in [0.15, 0.2) is 0 Å². The minimum absolute atomic E-state index is 0.00208. The van der Waals surface area contributed by atoms with Crippen molar-refractivity contribution >= 4 is 28.5 Å². The molecular formula is C15H17IN2O. The Morgan fingerprint density at radius 1 is 1.37 bits per heavy atom. The molecule has 0 radical (unpaired) electrons. The van der Waals surface area contributed by atoms with E-state index < -0.39 is 0 Å². The first kappa shape index (κ1) is 14.1. The van der Waals surface area contributed by atoms with Gasteiger partial charge in [-0.25, -0.2) is 0 Å². The monoisotopic (exact) mass is 368 g/mol. The van der Waals surface area contributed by atoms with Crippen LogP contribution in [0.4, 0.5) is 0 Å². The lowest BCUT2D eigenvalue weighted by Gasteiger charge is -2.19. The summed E-state index contributed by atoms with van der Waals surface area (Å²) in [6.07, 6.45) is 6.51. The van der Waals surface area contributed by atoms with E-state index >= 15 is 0 Å². The Kier molecular flexibility index (Phi) is 4.63. The highest BCUT2D eigenvalue weighted by Crippen LogP contribution is 2.17. The van der Waals surface area contributed by atoms with Gasteiger partial charge in [0, 0.05) is 22.4 Å². The first-order valence-corrected chi connectivity index (χ1v) is 7.30. The fraction of sp³-hybridized carbons (Fsp3) is 0.267. The molecule has 0 aliphatic carbocycles. The van der Waals surface area contributed by atoms with E-state index in [-0.39, 0.29) is 11.9 Å². The summed E-state index contributed by atoms with van der Waals surface area (Å²) in [7, 11) is 1.92. The molecule has 0 bridgehead atoms. The summed E-state index contributed by atoms with van der Waals surface area (Å²) >= 11 is 2.27. The zero-order valence-electron chi connectivity index (χ0n) is 11.1. The first-order chi connectivity index (χ1) is 9.06. The Morgan fingerprint density at radius 3 is 2.68 bits per heavy atom. The molecular weight excluding hydrogens is 351 g/mol. The van der Waals surface area contributed by atoms with Crippen LogP contribution in [0, 0.1) is 3.57 Å². The van der Waals surface area contributed by atoms with Crippen LogP contribution in [-0.4, -0.2) is 17.9 Å². The normalized spacial score (nSPS) is 15.9. The Hall–Kier alpha value is -1.30. The quantitative estimate of drug-likeness (QED) is 0.832. The summed E-state index contributed by atoms with van der Waals surface area (Å²) < 4.78 is 1.20. The zero-order valence-corrected chi connectivity index (χ0v) is 13.2. The molecule has 1 aliphatic rings. The molecule has 0 saturated heterocycles. The van der Waals surface area contributed by atoms with Crippen LogP contribution in [-0.2, 0) is 4.79 Å². The molecule has 1 atom stereocenters. The predicted octanol–water partition coefficient (Wildman–Crippen LogP) is 3.20. The van der Waals surface area contributed by atoms with Crippen molar-refractivity contribution in [3.05, 3.63) is 57.4 Å². The van der Waals surface area contributed by atoms with Crippen molar-refractivity contribution in [1.29, 1.82) is 0 Å². The SMILES string of the molecule is C[C@H](NC(=O)C1=CN(C)C=CC1)c1ccc(I)cc1. The summed E-state index contributed by atoms with van der Waals surface area (Å²) in [5.41, 5.74) is 1.91.